The Labute approximate surface area is 102 Å². The molecule has 0 saturated heterocycles. The summed E-state index contributed by atoms with van der Waals surface area (Å²) in [6.07, 6.45) is 0. The van der Waals surface area contributed by atoms with E-state index < -0.39 is 28.0 Å². The van der Waals surface area contributed by atoms with Gasteiger partial charge in [-0.3, -0.25) is 10.1 Å². The van der Waals surface area contributed by atoms with Crippen LogP contribution in [0.1, 0.15) is 17.3 Å². The Morgan fingerprint density at radius 2 is 2.28 bits per heavy atom. The van der Waals surface area contributed by atoms with E-state index in [0.717, 1.165) is 6.07 Å². The molecule has 94 valence electrons. The minimum Gasteiger partial charge on any atom is -0.478 e. The number of hydrogen-bond acceptors (Lipinski definition) is 4. The standard InChI is InChI=1S/C11H9FN2O4/c1-2-3-4-13-9-6-8(12)7(11(15)16)5-10(9)14(17)18/h5-6,13H,4H2,1H3,(H,15,16). The second-order valence-corrected chi connectivity index (χ2v) is 3.19. The van der Waals surface area contributed by atoms with Crippen molar-refractivity contribution in [2.45, 2.75) is 6.92 Å². The van der Waals surface area contributed by atoms with E-state index in [2.05, 4.69) is 17.2 Å². The van der Waals surface area contributed by atoms with Crippen LogP contribution >= 0.6 is 0 Å². The fraction of sp³-hybridized carbons (Fsp3) is 0.182. The molecule has 0 aromatic heterocycles. The van der Waals surface area contributed by atoms with Gasteiger partial charge in [-0.15, -0.1) is 5.92 Å². The molecule has 18 heavy (non-hydrogen) atoms. The molecule has 1 aromatic carbocycles. The molecule has 0 bridgehead atoms. The molecule has 6 nitrogen and oxygen atoms in total. The number of carbonyl (C=O) groups is 1. The third-order valence-corrected chi connectivity index (χ3v) is 2.06. The van der Waals surface area contributed by atoms with Gasteiger partial charge in [0.05, 0.1) is 11.5 Å². The van der Waals surface area contributed by atoms with E-state index in [4.69, 9.17) is 5.11 Å². The zero-order valence-electron chi connectivity index (χ0n) is 9.36. The number of hydrogen-bond donors (Lipinski definition) is 2. The summed E-state index contributed by atoms with van der Waals surface area (Å²) >= 11 is 0. The van der Waals surface area contributed by atoms with Gasteiger partial charge in [0.1, 0.15) is 17.1 Å². The van der Waals surface area contributed by atoms with Gasteiger partial charge in [-0.1, -0.05) is 5.92 Å². The van der Waals surface area contributed by atoms with E-state index in [0.29, 0.717) is 6.07 Å². The minimum atomic E-state index is -1.56. The Balaban J connectivity index is 3.23. The number of rotatable bonds is 4. The largest absolute Gasteiger partial charge is 0.478 e. The number of halogens is 1. The molecular formula is C11H9FN2O4. The topological polar surface area (TPSA) is 92.5 Å². The average Bonchev–Trinajstić information content (AvgIpc) is 2.28. The van der Waals surface area contributed by atoms with Crippen molar-refractivity contribution < 1.29 is 19.2 Å². The fourth-order valence-electron chi connectivity index (χ4n) is 1.25. The van der Waals surface area contributed by atoms with Crippen molar-refractivity contribution in [3.8, 4) is 11.8 Å². The van der Waals surface area contributed by atoms with Crippen molar-refractivity contribution in [3.63, 3.8) is 0 Å². The summed E-state index contributed by atoms with van der Waals surface area (Å²) in [5.41, 5.74) is -1.36. The number of nitrogens with one attached hydrogen (secondary N) is 1. The summed E-state index contributed by atoms with van der Waals surface area (Å²) < 4.78 is 13.4. The monoisotopic (exact) mass is 252 g/mol. The van der Waals surface area contributed by atoms with Crippen LogP contribution in [-0.4, -0.2) is 22.5 Å². The van der Waals surface area contributed by atoms with Crippen molar-refractivity contribution in [1.29, 1.82) is 0 Å². The number of aromatic carboxylic acids is 1. The molecule has 0 unspecified atom stereocenters. The molecule has 0 spiro atoms. The number of nitro groups is 1. The van der Waals surface area contributed by atoms with Gasteiger partial charge in [0.15, 0.2) is 0 Å². The van der Waals surface area contributed by atoms with Crippen molar-refractivity contribution in [2.24, 2.45) is 0 Å². The van der Waals surface area contributed by atoms with Gasteiger partial charge in [-0.2, -0.15) is 0 Å². The van der Waals surface area contributed by atoms with Crippen molar-refractivity contribution in [2.75, 3.05) is 11.9 Å². The van der Waals surface area contributed by atoms with Gasteiger partial charge in [0.25, 0.3) is 5.69 Å². The lowest BCUT2D eigenvalue weighted by Gasteiger charge is -2.05. The van der Waals surface area contributed by atoms with Crippen LogP contribution in [0.25, 0.3) is 0 Å². The lowest BCUT2D eigenvalue weighted by molar-refractivity contribution is -0.384. The lowest BCUT2D eigenvalue weighted by Crippen LogP contribution is -2.07. The summed E-state index contributed by atoms with van der Waals surface area (Å²) in [4.78, 5) is 20.6. The molecule has 0 radical (unpaired) electrons. The Morgan fingerprint density at radius 3 is 2.78 bits per heavy atom. The van der Waals surface area contributed by atoms with Gasteiger partial charge < -0.3 is 10.4 Å². The average molecular weight is 252 g/mol. The molecule has 0 atom stereocenters. The quantitative estimate of drug-likeness (QED) is 0.484. The lowest BCUT2D eigenvalue weighted by atomic mass is 10.1. The van der Waals surface area contributed by atoms with Crippen LogP contribution in [0.4, 0.5) is 15.8 Å². The molecule has 0 amide bonds. The molecule has 0 fully saturated rings. The Morgan fingerprint density at radius 1 is 1.61 bits per heavy atom. The third kappa shape index (κ3) is 2.95. The minimum absolute atomic E-state index is 0.100. The summed E-state index contributed by atoms with van der Waals surface area (Å²) in [5.74, 6) is 2.56. The normalized spacial score (nSPS) is 9.22. The van der Waals surface area contributed by atoms with Gasteiger partial charge in [0, 0.05) is 12.1 Å². The maximum atomic E-state index is 13.4. The van der Waals surface area contributed by atoms with Crippen LogP contribution in [-0.2, 0) is 0 Å². The zero-order valence-corrected chi connectivity index (χ0v) is 9.36. The number of nitrogens with zero attached hydrogens (tertiary/aromatic N) is 1. The van der Waals surface area contributed by atoms with E-state index in [1.165, 1.54) is 0 Å². The van der Waals surface area contributed by atoms with Crippen molar-refractivity contribution in [3.05, 3.63) is 33.6 Å². The first-order chi connectivity index (χ1) is 8.47. The first-order valence-corrected chi connectivity index (χ1v) is 4.82. The van der Waals surface area contributed by atoms with E-state index in [1.807, 2.05) is 0 Å². The molecule has 1 aromatic rings. The smallest absolute Gasteiger partial charge is 0.338 e. The first kappa shape index (κ1) is 13.4. The molecule has 0 saturated carbocycles. The molecule has 0 aliphatic rings. The van der Waals surface area contributed by atoms with E-state index in [-0.39, 0.29) is 12.2 Å². The highest BCUT2D eigenvalue weighted by Gasteiger charge is 2.21. The Hall–Kier alpha value is -2.62. The highest BCUT2D eigenvalue weighted by Crippen LogP contribution is 2.27. The summed E-state index contributed by atoms with van der Waals surface area (Å²) in [6, 6.07) is 1.46. The molecule has 0 aliphatic carbocycles. The predicted octanol–water partition coefficient (Wildman–Crippen LogP) is 1.87. The molecule has 1 rings (SSSR count). The van der Waals surface area contributed by atoms with Gasteiger partial charge in [-0.25, -0.2) is 9.18 Å². The van der Waals surface area contributed by atoms with Gasteiger partial charge >= 0.3 is 5.97 Å². The zero-order chi connectivity index (χ0) is 13.7. The second kappa shape index (κ2) is 5.63. The number of carboxylic acid groups (broad SMARTS) is 1. The third-order valence-electron chi connectivity index (χ3n) is 2.06. The number of nitro benzene ring substituents is 1. The van der Waals surface area contributed by atoms with Crippen LogP contribution < -0.4 is 5.32 Å². The number of anilines is 1. The maximum absolute atomic E-state index is 13.4. The van der Waals surface area contributed by atoms with Crippen molar-refractivity contribution >= 4 is 17.3 Å². The SMILES string of the molecule is CC#CCNc1cc(F)c(C(=O)O)cc1[N+](=O)[O-]. The van der Waals surface area contributed by atoms with Crippen molar-refractivity contribution in [1.82, 2.24) is 0 Å². The van der Waals surface area contributed by atoms with Crippen LogP contribution in [0.15, 0.2) is 12.1 Å². The Bertz CT molecular complexity index is 560. The van der Waals surface area contributed by atoms with Crippen LogP contribution in [0, 0.1) is 27.8 Å². The van der Waals surface area contributed by atoms with E-state index in [1.54, 1.807) is 6.92 Å². The van der Waals surface area contributed by atoms with Crippen LogP contribution in [0.5, 0.6) is 0 Å². The molecular weight excluding hydrogens is 243 g/mol. The maximum Gasteiger partial charge on any atom is 0.338 e. The summed E-state index contributed by atoms with van der Waals surface area (Å²) in [6.45, 7) is 1.69. The molecule has 2 N–H and O–H groups in total. The fourth-order valence-corrected chi connectivity index (χ4v) is 1.25. The van der Waals surface area contributed by atoms with Crippen LogP contribution in [0.2, 0.25) is 0 Å². The highest BCUT2D eigenvalue weighted by atomic mass is 19.1. The molecule has 0 aliphatic heterocycles. The number of benzene rings is 1. The molecule has 0 heterocycles. The Kier molecular flexibility index (Phi) is 4.21. The molecule has 7 heteroatoms. The second-order valence-electron chi connectivity index (χ2n) is 3.19. The highest BCUT2D eigenvalue weighted by molar-refractivity contribution is 5.90. The summed E-state index contributed by atoms with van der Waals surface area (Å²) in [7, 11) is 0. The van der Waals surface area contributed by atoms with E-state index in [9.17, 15) is 19.3 Å². The first-order valence-electron chi connectivity index (χ1n) is 4.82. The predicted molar refractivity (Wildman–Crippen MR) is 62.0 cm³/mol. The summed E-state index contributed by atoms with van der Waals surface area (Å²) in [5, 5.41) is 22.0. The van der Waals surface area contributed by atoms with E-state index >= 15 is 0 Å². The number of carboxylic acids is 1. The van der Waals surface area contributed by atoms with Gasteiger partial charge in [-0.05, 0) is 6.92 Å². The van der Waals surface area contributed by atoms with Crippen LogP contribution in [0.3, 0.4) is 0 Å². The van der Waals surface area contributed by atoms with Gasteiger partial charge in [0.2, 0.25) is 0 Å².